The average Bonchev–Trinajstić information content (AvgIpc) is 3.22. The summed E-state index contributed by atoms with van der Waals surface area (Å²) in [5.41, 5.74) is 0.863. The fourth-order valence-electron chi connectivity index (χ4n) is 3.48. The van der Waals surface area contributed by atoms with Gasteiger partial charge in [-0.1, -0.05) is 11.6 Å². The summed E-state index contributed by atoms with van der Waals surface area (Å²) in [6, 6.07) is 7.46. The Morgan fingerprint density at radius 2 is 2.07 bits per heavy atom. The Morgan fingerprint density at radius 3 is 2.86 bits per heavy atom. The van der Waals surface area contributed by atoms with Crippen LogP contribution in [-0.4, -0.2) is 60.6 Å². The number of amides is 1. The lowest BCUT2D eigenvalue weighted by Gasteiger charge is -2.35. The van der Waals surface area contributed by atoms with Gasteiger partial charge in [0, 0.05) is 43.3 Å². The van der Waals surface area contributed by atoms with Crippen molar-refractivity contribution in [3.8, 4) is 5.75 Å². The first-order chi connectivity index (χ1) is 14.1. The van der Waals surface area contributed by atoms with Gasteiger partial charge in [-0.25, -0.2) is 9.97 Å². The molecule has 7 nitrogen and oxygen atoms in total. The van der Waals surface area contributed by atoms with E-state index >= 15 is 0 Å². The Bertz CT molecular complexity index is 1000. The maximum atomic E-state index is 12.4. The van der Waals surface area contributed by atoms with Gasteiger partial charge >= 0.3 is 0 Å². The molecule has 0 aliphatic carbocycles. The highest BCUT2D eigenvalue weighted by molar-refractivity contribution is 7.16. The zero-order valence-corrected chi connectivity index (χ0v) is 17.7. The SMILES string of the molecule is COc1ccc(Cl)cc1CNC(=O)CN1CCN(c2ncnc3sccc23)CC1. The summed E-state index contributed by atoms with van der Waals surface area (Å²) in [6.07, 6.45) is 1.62. The highest BCUT2D eigenvalue weighted by Crippen LogP contribution is 2.27. The first kappa shape index (κ1) is 19.9. The van der Waals surface area contributed by atoms with Crippen LogP contribution < -0.4 is 15.0 Å². The van der Waals surface area contributed by atoms with Gasteiger partial charge in [-0.15, -0.1) is 11.3 Å². The van der Waals surface area contributed by atoms with Crippen molar-refractivity contribution in [2.24, 2.45) is 0 Å². The van der Waals surface area contributed by atoms with Crippen molar-refractivity contribution in [2.75, 3.05) is 44.7 Å². The smallest absolute Gasteiger partial charge is 0.234 e. The predicted octanol–water partition coefficient (Wildman–Crippen LogP) is 2.79. The molecule has 29 heavy (non-hydrogen) atoms. The molecule has 1 saturated heterocycles. The van der Waals surface area contributed by atoms with E-state index in [0.29, 0.717) is 23.9 Å². The third kappa shape index (κ3) is 4.60. The third-order valence-corrected chi connectivity index (χ3v) is 6.05. The third-order valence-electron chi connectivity index (χ3n) is 5.00. The van der Waals surface area contributed by atoms with E-state index in [1.807, 2.05) is 11.4 Å². The molecule has 152 valence electrons. The summed E-state index contributed by atoms with van der Waals surface area (Å²) in [7, 11) is 1.61. The molecule has 2 aromatic heterocycles. The van der Waals surface area contributed by atoms with E-state index in [-0.39, 0.29) is 5.91 Å². The van der Waals surface area contributed by atoms with E-state index in [1.54, 1.807) is 36.9 Å². The van der Waals surface area contributed by atoms with Crippen LogP contribution in [0.1, 0.15) is 5.56 Å². The molecule has 3 heterocycles. The van der Waals surface area contributed by atoms with E-state index in [0.717, 1.165) is 47.8 Å². The van der Waals surface area contributed by atoms with Crippen LogP contribution in [-0.2, 0) is 11.3 Å². The molecule has 3 aromatic rings. The number of fused-ring (bicyclic) bond motifs is 1. The zero-order chi connectivity index (χ0) is 20.2. The lowest BCUT2D eigenvalue weighted by molar-refractivity contribution is -0.122. The molecular formula is C20H22ClN5O2S. The Kier molecular flexibility index (Phi) is 6.13. The van der Waals surface area contributed by atoms with Crippen LogP contribution in [0.5, 0.6) is 5.75 Å². The minimum atomic E-state index is -0.0114. The molecule has 9 heteroatoms. The lowest BCUT2D eigenvalue weighted by atomic mass is 10.2. The number of carbonyl (C=O) groups excluding carboxylic acids is 1. The molecule has 0 unspecified atom stereocenters. The fourth-order valence-corrected chi connectivity index (χ4v) is 4.41. The lowest BCUT2D eigenvalue weighted by Crippen LogP contribution is -2.49. The number of nitrogens with zero attached hydrogens (tertiary/aromatic N) is 4. The van der Waals surface area contributed by atoms with Gasteiger partial charge in [-0.05, 0) is 29.6 Å². The molecule has 1 aromatic carbocycles. The second-order valence-electron chi connectivity index (χ2n) is 6.83. The molecule has 1 N–H and O–H groups in total. The highest BCUT2D eigenvalue weighted by Gasteiger charge is 2.21. The second kappa shape index (κ2) is 8.94. The molecular weight excluding hydrogens is 410 g/mol. The zero-order valence-electron chi connectivity index (χ0n) is 16.1. The minimum absolute atomic E-state index is 0.0114. The van der Waals surface area contributed by atoms with Crippen LogP contribution in [0.3, 0.4) is 0 Å². The number of piperazine rings is 1. The molecule has 0 spiro atoms. The van der Waals surface area contributed by atoms with Gasteiger partial charge in [-0.2, -0.15) is 0 Å². The van der Waals surface area contributed by atoms with E-state index < -0.39 is 0 Å². The van der Waals surface area contributed by atoms with Crippen LogP contribution in [0, 0.1) is 0 Å². The van der Waals surface area contributed by atoms with Crippen LogP contribution >= 0.6 is 22.9 Å². The van der Waals surface area contributed by atoms with Gasteiger partial charge in [0.2, 0.25) is 5.91 Å². The second-order valence-corrected chi connectivity index (χ2v) is 8.16. The van der Waals surface area contributed by atoms with Crippen molar-refractivity contribution < 1.29 is 9.53 Å². The summed E-state index contributed by atoms with van der Waals surface area (Å²) < 4.78 is 5.33. The van der Waals surface area contributed by atoms with Crippen LogP contribution in [0.2, 0.25) is 5.02 Å². The monoisotopic (exact) mass is 431 g/mol. The highest BCUT2D eigenvalue weighted by atomic mass is 35.5. The van der Waals surface area contributed by atoms with E-state index in [9.17, 15) is 4.79 Å². The number of benzene rings is 1. The number of halogens is 1. The molecule has 0 radical (unpaired) electrons. The van der Waals surface area contributed by atoms with Gasteiger partial charge in [0.05, 0.1) is 19.0 Å². The average molecular weight is 432 g/mol. The van der Waals surface area contributed by atoms with Gasteiger partial charge < -0.3 is 15.0 Å². The predicted molar refractivity (Wildman–Crippen MR) is 116 cm³/mol. The minimum Gasteiger partial charge on any atom is -0.496 e. The van der Waals surface area contributed by atoms with Crippen LogP contribution in [0.4, 0.5) is 5.82 Å². The van der Waals surface area contributed by atoms with E-state index in [4.69, 9.17) is 16.3 Å². The Labute approximate surface area is 178 Å². The number of thiophene rings is 1. The summed E-state index contributed by atoms with van der Waals surface area (Å²) in [5, 5.41) is 6.72. The molecule has 1 aliphatic rings. The number of anilines is 1. The Balaban J connectivity index is 1.29. The number of ether oxygens (including phenoxy) is 1. The number of aromatic nitrogens is 2. The van der Waals surface area contributed by atoms with Gasteiger partial charge in [0.15, 0.2) is 0 Å². The number of hydrogen-bond acceptors (Lipinski definition) is 7. The topological polar surface area (TPSA) is 70.6 Å². The number of nitrogens with one attached hydrogen (secondary N) is 1. The van der Waals surface area contributed by atoms with Gasteiger partial charge in [0.25, 0.3) is 0 Å². The first-order valence-corrected chi connectivity index (χ1v) is 10.6. The standard InChI is InChI=1S/C20H22ClN5O2S/c1-28-17-3-2-15(21)10-14(17)11-22-18(27)12-25-5-7-26(8-6-25)19-16-4-9-29-20(16)24-13-23-19/h2-4,9-10,13H,5-8,11-12H2,1H3,(H,22,27). The quantitative estimate of drug-likeness (QED) is 0.647. The van der Waals surface area contributed by atoms with Crippen molar-refractivity contribution in [1.29, 1.82) is 0 Å². The van der Waals surface area contributed by atoms with Crippen LogP contribution in [0.25, 0.3) is 10.2 Å². The van der Waals surface area contributed by atoms with Crippen molar-refractivity contribution >= 4 is 44.9 Å². The number of hydrogen-bond donors (Lipinski definition) is 1. The van der Waals surface area contributed by atoms with E-state index in [2.05, 4.69) is 31.2 Å². The van der Waals surface area contributed by atoms with Crippen LogP contribution in [0.15, 0.2) is 36.0 Å². The fraction of sp³-hybridized carbons (Fsp3) is 0.350. The van der Waals surface area contributed by atoms with Crippen molar-refractivity contribution in [1.82, 2.24) is 20.2 Å². The Hall–Kier alpha value is -2.42. The van der Waals surface area contributed by atoms with Crippen molar-refractivity contribution in [2.45, 2.75) is 6.54 Å². The largest absolute Gasteiger partial charge is 0.496 e. The molecule has 0 atom stereocenters. The summed E-state index contributed by atoms with van der Waals surface area (Å²) in [4.78, 5) is 26.6. The first-order valence-electron chi connectivity index (χ1n) is 9.38. The maximum absolute atomic E-state index is 12.4. The van der Waals surface area contributed by atoms with Gasteiger partial charge in [0.1, 0.15) is 22.7 Å². The Morgan fingerprint density at radius 1 is 1.24 bits per heavy atom. The molecule has 1 amide bonds. The molecule has 0 bridgehead atoms. The normalized spacial score (nSPS) is 14.9. The van der Waals surface area contributed by atoms with Crippen molar-refractivity contribution in [3.63, 3.8) is 0 Å². The summed E-state index contributed by atoms with van der Waals surface area (Å²) in [6.45, 7) is 4.04. The molecule has 4 rings (SSSR count). The summed E-state index contributed by atoms with van der Waals surface area (Å²) >= 11 is 7.67. The van der Waals surface area contributed by atoms with Crippen molar-refractivity contribution in [3.05, 3.63) is 46.6 Å². The van der Waals surface area contributed by atoms with E-state index in [1.165, 1.54) is 0 Å². The number of rotatable bonds is 6. The maximum Gasteiger partial charge on any atom is 0.234 e. The number of methoxy groups -OCH3 is 1. The molecule has 0 saturated carbocycles. The molecule has 1 fully saturated rings. The van der Waals surface area contributed by atoms with Gasteiger partial charge in [-0.3, -0.25) is 9.69 Å². The molecule has 1 aliphatic heterocycles. The summed E-state index contributed by atoms with van der Waals surface area (Å²) in [5.74, 6) is 1.68. The number of carbonyl (C=O) groups is 1.